The Morgan fingerprint density at radius 1 is 1.43 bits per heavy atom. The zero-order valence-corrected chi connectivity index (χ0v) is 13.4. The molecule has 0 spiro atoms. The van der Waals surface area contributed by atoms with Gasteiger partial charge in [0.25, 0.3) is 0 Å². The normalized spacial score (nSPS) is 12.0. The van der Waals surface area contributed by atoms with Crippen LogP contribution in [0, 0.1) is 0 Å². The van der Waals surface area contributed by atoms with Crippen molar-refractivity contribution >= 4 is 17.7 Å². The van der Waals surface area contributed by atoms with Crippen LogP contribution in [0.5, 0.6) is 5.75 Å². The Kier molecular flexibility index (Phi) is 4.90. The van der Waals surface area contributed by atoms with Crippen molar-refractivity contribution in [2.45, 2.75) is 17.3 Å². The lowest BCUT2D eigenvalue weighted by atomic mass is 10.3. The van der Waals surface area contributed by atoms with Crippen molar-refractivity contribution in [2.24, 2.45) is 0 Å². The number of rotatable bonds is 5. The molecule has 0 saturated heterocycles. The van der Waals surface area contributed by atoms with Crippen molar-refractivity contribution in [3.05, 3.63) is 36.7 Å². The molecule has 0 bridgehead atoms. The fraction of sp³-hybridized carbons (Fsp3) is 0.333. The predicted molar refractivity (Wildman–Crippen MR) is 84.1 cm³/mol. The predicted octanol–water partition coefficient (Wildman–Crippen LogP) is 2.45. The van der Waals surface area contributed by atoms with E-state index in [4.69, 9.17) is 4.74 Å². The molecular weight excluding hydrogens is 286 g/mol. The molecule has 21 heavy (non-hydrogen) atoms. The van der Waals surface area contributed by atoms with Gasteiger partial charge in [0.15, 0.2) is 5.16 Å². The van der Waals surface area contributed by atoms with Crippen molar-refractivity contribution in [3.63, 3.8) is 0 Å². The van der Waals surface area contributed by atoms with E-state index in [9.17, 15) is 4.79 Å². The molecule has 0 aliphatic heterocycles. The highest BCUT2D eigenvalue weighted by atomic mass is 32.2. The van der Waals surface area contributed by atoms with Crippen LogP contribution >= 0.6 is 11.8 Å². The van der Waals surface area contributed by atoms with Crippen LogP contribution < -0.4 is 4.74 Å². The summed E-state index contributed by atoms with van der Waals surface area (Å²) in [4.78, 5) is 17.9. The second-order valence-electron chi connectivity index (χ2n) is 4.77. The van der Waals surface area contributed by atoms with Gasteiger partial charge in [-0.15, -0.1) is 0 Å². The monoisotopic (exact) mass is 305 g/mol. The Hall–Kier alpha value is -1.95. The lowest BCUT2D eigenvalue weighted by molar-refractivity contribution is -0.127. The van der Waals surface area contributed by atoms with Crippen molar-refractivity contribution in [2.75, 3.05) is 21.2 Å². The average molecular weight is 305 g/mol. The van der Waals surface area contributed by atoms with Crippen molar-refractivity contribution in [3.8, 4) is 11.4 Å². The first kappa shape index (κ1) is 15.4. The van der Waals surface area contributed by atoms with Crippen LogP contribution in [-0.2, 0) is 4.79 Å². The third kappa shape index (κ3) is 3.58. The highest BCUT2D eigenvalue weighted by molar-refractivity contribution is 8.00. The molecule has 112 valence electrons. The number of carbonyl (C=O) groups is 1. The van der Waals surface area contributed by atoms with Crippen LogP contribution in [0.1, 0.15) is 6.92 Å². The molecule has 2 rings (SSSR count). The van der Waals surface area contributed by atoms with E-state index >= 15 is 0 Å². The quantitative estimate of drug-likeness (QED) is 0.796. The zero-order chi connectivity index (χ0) is 15.4. The van der Waals surface area contributed by atoms with Crippen LogP contribution in [0.3, 0.4) is 0 Å². The molecule has 0 fully saturated rings. The minimum Gasteiger partial charge on any atom is -0.497 e. The summed E-state index contributed by atoms with van der Waals surface area (Å²) < 4.78 is 7.19. The lowest BCUT2D eigenvalue weighted by Gasteiger charge is -2.16. The second kappa shape index (κ2) is 6.67. The topological polar surface area (TPSA) is 47.4 Å². The standard InChI is InChI=1S/C15H19N3O2S/c1-11(14(19)17(2)3)21-15-16-8-9-18(15)12-6-5-7-13(10-12)20-4/h5-11H,1-4H3/t11-/m0/s1. The van der Waals surface area contributed by atoms with Gasteiger partial charge >= 0.3 is 0 Å². The van der Waals surface area contributed by atoms with Gasteiger partial charge in [-0.05, 0) is 19.1 Å². The maximum absolute atomic E-state index is 12.0. The summed E-state index contributed by atoms with van der Waals surface area (Å²) in [6.45, 7) is 1.89. The van der Waals surface area contributed by atoms with E-state index < -0.39 is 0 Å². The average Bonchev–Trinajstić information content (AvgIpc) is 2.94. The summed E-state index contributed by atoms with van der Waals surface area (Å²) in [6, 6.07) is 7.74. The molecule has 0 N–H and O–H groups in total. The molecule has 1 atom stereocenters. The molecule has 1 amide bonds. The Morgan fingerprint density at radius 2 is 2.19 bits per heavy atom. The smallest absolute Gasteiger partial charge is 0.235 e. The Balaban J connectivity index is 2.24. The molecule has 1 heterocycles. The number of methoxy groups -OCH3 is 1. The molecule has 0 unspecified atom stereocenters. The fourth-order valence-electron chi connectivity index (χ4n) is 1.91. The number of benzene rings is 1. The summed E-state index contributed by atoms with van der Waals surface area (Å²) in [6.07, 6.45) is 3.61. The number of aromatic nitrogens is 2. The maximum atomic E-state index is 12.0. The van der Waals surface area contributed by atoms with Crippen molar-refractivity contribution in [1.82, 2.24) is 14.5 Å². The molecule has 1 aromatic carbocycles. The third-order valence-electron chi connectivity index (χ3n) is 3.01. The number of hydrogen-bond acceptors (Lipinski definition) is 4. The van der Waals surface area contributed by atoms with Crippen LogP contribution in [0.4, 0.5) is 0 Å². The molecule has 1 aromatic heterocycles. The first-order valence-electron chi connectivity index (χ1n) is 6.58. The van der Waals surface area contributed by atoms with Gasteiger partial charge in [0.1, 0.15) is 5.75 Å². The van der Waals surface area contributed by atoms with Gasteiger partial charge in [-0.25, -0.2) is 4.98 Å². The molecule has 6 heteroatoms. The highest BCUT2D eigenvalue weighted by Gasteiger charge is 2.19. The van der Waals surface area contributed by atoms with E-state index in [0.717, 1.165) is 16.6 Å². The van der Waals surface area contributed by atoms with Gasteiger partial charge in [0.05, 0.1) is 18.0 Å². The molecule has 0 aliphatic carbocycles. The summed E-state index contributed by atoms with van der Waals surface area (Å²) in [7, 11) is 5.16. The molecule has 5 nitrogen and oxygen atoms in total. The van der Waals surface area contributed by atoms with Crippen LogP contribution in [0.25, 0.3) is 5.69 Å². The number of hydrogen-bond donors (Lipinski definition) is 0. The van der Waals surface area contributed by atoms with Crippen LogP contribution in [-0.4, -0.2) is 46.8 Å². The number of ether oxygens (including phenoxy) is 1. The number of thioether (sulfide) groups is 1. The van der Waals surface area contributed by atoms with E-state index in [2.05, 4.69) is 4.98 Å². The summed E-state index contributed by atoms with van der Waals surface area (Å²) in [5, 5.41) is 0.595. The third-order valence-corrected chi connectivity index (χ3v) is 4.08. The number of imidazole rings is 1. The largest absolute Gasteiger partial charge is 0.497 e. The van der Waals surface area contributed by atoms with Gasteiger partial charge < -0.3 is 9.64 Å². The van der Waals surface area contributed by atoms with Crippen molar-refractivity contribution < 1.29 is 9.53 Å². The molecule has 2 aromatic rings. The minimum atomic E-state index is -0.188. The molecule has 0 radical (unpaired) electrons. The first-order chi connectivity index (χ1) is 10.0. The van der Waals surface area contributed by atoms with Gasteiger partial charge in [0, 0.05) is 32.6 Å². The Labute approximate surface area is 128 Å². The van der Waals surface area contributed by atoms with E-state index in [0.29, 0.717) is 0 Å². The Bertz CT molecular complexity index is 625. The first-order valence-corrected chi connectivity index (χ1v) is 7.46. The van der Waals surface area contributed by atoms with E-state index in [1.807, 2.05) is 42.0 Å². The lowest BCUT2D eigenvalue weighted by Crippen LogP contribution is -2.29. The van der Waals surface area contributed by atoms with Gasteiger partial charge in [-0.3, -0.25) is 9.36 Å². The van der Waals surface area contributed by atoms with Crippen LogP contribution in [0.2, 0.25) is 0 Å². The highest BCUT2D eigenvalue weighted by Crippen LogP contribution is 2.26. The van der Waals surface area contributed by atoms with Gasteiger partial charge in [-0.2, -0.15) is 0 Å². The SMILES string of the molecule is COc1cccc(-n2ccnc2S[C@@H](C)C(=O)N(C)C)c1. The summed E-state index contributed by atoms with van der Waals surface area (Å²) in [5.74, 6) is 0.856. The minimum absolute atomic E-state index is 0.0696. The number of carbonyl (C=O) groups excluding carboxylic acids is 1. The molecular formula is C15H19N3O2S. The van der Waals surface area contributed by atoms with Gasteiger partial charge in [-0.1, -0.05) is 17.8 Å². The maximum Gasteiger partial charge on any atom is 0.235 e. The Morgan fingerprint density at radius 3 is 2.86 bits per heavy atom. The van der Waals surface area contributed by atoms with E-state index in [1.165, 1.54) is 11.8 Å². The van der Waals surface area contributed by atoms with E-state index in [1.54, 1.807) is 32.3 Å². The molecule has 0 saturated carbocycles. The van der Waals surface area contributed by atoms with Gasteiger partial charge in [0.2, 0.25) is 5.91 Å². The summed E-state index contributed by atoms with van der Waals surface area (Å²) >= 11 is 1.44. The summed E-state index contributed by atoms with van der Waals surface area (Å²) in [5.41, 5.74) is 0.957. The van der Waals surface area contributed by atoms with E-state index in [-0.39, 0.29) is 11.2 Å². The zero-order valence-electron chi connectivity index (χ0n) is 12.6. The van der Waals surface area contributed by atoms with Crippen molar-refractivity contribution in [1.29, 1.82) is 0 Å². The fourth-order valence-corrected chi connectivity index (χ4v) is 2.94. The number of amides is 1. The molecule has 0 aliphatic rings. The van der Waals surface area contributed by atoms with Crippen LogP contribution in [0.15, 0.2) is 41.8 Å². The second-order valence-corrected chi connectivity index (χ2v) is 6.08. The number of nitrogens with zero attached hydrogens (tertiary/aromatic N) is 3.